The summed E-state index contributed by atoms with van der Waals surface area (Å²) in [4.78, 5) is 17.0. The van der Waals surface area contributed by atoms with Crippen LogP contribution in [0.1, 0.15) is 26.7 Å². The Morgan fingerprint density at radius 2 is 2.10 bits per heavy atom. The average Bonchev–Trinajstić information content (AvgIpc) is 2.98. The molecule has 0 spiro atoms. The molecule has 8 nitrogen and oxygen atoms in total. The molecule has 0 bridgehead atoms. The quantitative estimate of drug-likeness (QED) is 0.814. The molecule has 3 rings (SSSR count). The Morgan fingerprint density at radius 1 is 1.25 bits per heavy atom. The van der Waals surface area contributed by atoms with Gasteiger partial charge in [0.2, 0.25) is 11.9 Å². The van der Waals surface area contributed by atoms with Gasteiger partial charge in [0.25, 0.3) is 5.95 Å². The second-order valence-corrected chi connectivity index (χ2v) is 4.81. The summed E-state index contributed by atoms with van der Waals surface area (Å²) >= 11 is 0. The Labute approximate surface area is 117 Å². The third-order valence-electron chi connectivity index (χ3n) is 3.34. The maximum absolute atomic E-state index is 4.39. The summed E-state index contributed by atoms with van der Waals surface area (Å²) < 4.78 is 1.53. The fourth-order valence-corrected chi connectivity index (χ4v) is 2.12. The smallest absolute Gasteiger partial charge is 0.258 e. The average molecular weight is 274 g/mol. The minimum absolute atomic E-state index is 0.463. The summed E-state index contributed by atoms with van der Waals surface area (Å²) in [7, 11) is 0. The SMILES string of the molecule is CCNc1nc(NC2CC2CC)nc(-n2cncn2)n1. The zero-order valence-electron chi connectivity index (χ0n) is 11.6. The molecule has 2 unspecified atom stereocenters. The summed E-state index contributed by atoms with van der Waals surface area (Å²) in [6, 6.07) is 0.473. The number of rotatable bonds is 6. The monoisotopic (exact) mass is 274 g/mol. The van der Waals surface area contributed by atoms with Gasteiger partial charge in [0.1, 0.15) is 12.7 Å². The van der Waals surface area contributed by atoms with Gasteiger partial charge in [0.15, 0.2) is 0 Å². The van der Waals surface area contributed by atoms with Crippen LogP contribution in [-0.4, -0.2) is 42.3 Å². The molecule has 106 valence electrons. The van der Waals surface area contributed by atoms with Crippen molar-refractivity contribution >= 4 is 11.9 Å². The van der Waals surface area contributed by atoms with Crippen molar-refractivity contribution in [2.24, 2.45) is 5.92 Å². The van der Waals surface area contributed by atoms with Crippen LogP contribution in [0.2, 0.25) is 0 Å². The highest BCUT2D eigenvalue weighted by Crippen LogP contribution is 2.35. The zero-order chi connectivity index (χ0) is 13.9. The van der Waals surface area contributed by atoms with E-state index >= 15 is 0 Å². The lowest BCUT2D eigenvalue weighted by molar-refractivity contribution is 0.763. The summed E-state index contributed by atoms with van der Waals surface area (Å²) in [6.07, 6.45) is 5.38. The molecule has 20 heavy (non-hydrogen) atoms. The molecule has 2 N–H and O–H groups in total. The highest BCUT2D eigenvalue weighted by Gasteiger charge is 2.35. The van der Waals surface area contributed by atoms with Gasteiger partial charge in [-0.05, 0) is 19.3 Å². The van der Waals surface area contributed by atoms with Gasteiger partial charge in [0, 0.05) is 12.6 Å². The lowest BCUT2D eigenvalue weighted by Crippen LogP contribution is -2.14. The van der Waals surface area contributed by atoms with Crippen LogP contribution in [0.25, 0.3) is 5.95 Å². The van der Waals surface area contributed by atoms with Crippen molar-refractivity contribution in [3.05, 3.63) is 12.7 Å². The topological polar surface area (TPSA) is 93.4 Å². The van der Waals surface area contributed by atoms with Gasteiger partial charge >= 0.3 is 0 Å². The Balaban J connectivity index is 1.85. The number of hydrogen-bond donors (Lipinski definition) is 2. The molecule has 0 amide bonds. The minimum Gasteiger partial charge on any atom is -0.354 e. The first-order chi connectivity index (χ1) is 9.80. The molecule has 2 aromatic rings. The van der Waals surface area contributed by atoms with E-state index in [0.717, 1.165) is 12.5 Å². The van der Waals surface area contributed by atoms with Crippen molar-refractivity contribution in [1.29, 1.82) is 0 Å². The standard InChI is InChI=1S/C12H18N8/c1-3-8-5-9(8)16-11-17-10(14-4-2)18-12(19-11)20-7-13-6-15-20/h6-9H,3-5H2,1-2H3,(H2,14,16,17,18,19). The molecule has 1 aliphatic rings. The number of nitrogens with zero attached hydrogens (tertiary/aromatic N) is 6. The third kappa shape index (κ3) is 2.68. The number of anilines is 2. The van der Waals surface area contributed by atoms with E-state index in [2.05, 4.69) is 42.6 Å². The highest BCUT2D eigenvalue weighted by molar-refractivity contribution is 5.39. The Kier molecular flexibility index (Phi) is 3.44. The predicted octanol–water partition coefficient (Wildman–Crippen LogP) is 1.09. The van der Waals surface area contributed by atoms with Gasteiger partial charge in [-0.1, -0.05) is 13.3 Å². The van der Waals surface area contributed by atoms with Gasteiger partial charge in [-0.3, -0.25) is 0 Å². The number of aromatic nitrogens is 6. The molecule has 1 aliphatic carbocycles. The zero-order valence-corrected chi connectivity index (χ0v) is 11.6. The van der Waals surface area contributed by atoms with Crippen LogP contribution in [0.4, 0.5) is 11.9 Å². The van der Waals surface area contributed by atoms with Gasteiger partial charge in [-0.25, -0.2) is 4.98 Å². The van der Waals surface area contributed by atoms with Crippen LogP contribution in [0.15, 0.2) is 12.7 Å². The predicted molar refractivity (Wildman–Crippen MR) is 74.7 cm³/mol. The van der Waals surface area contributed by atoms with E-state index in [1.807, 2.05) is 6.92 Å². The first-order valence-electron chi connectivity index (χ1n) is 6.91. The number of nitrogens with one attached hydrogen (secondary N) is 2. The van der Waals surface area contributed by atoms with E-state index in [-0.39, 0.29) is 0 Å². The Bertz CT molecular complexity index is 567. The summed E-state index contributed by atoms with van der Waals surface area (Å²) in [6.45, 7) is 4.95. The second-order valence-electron chi connectivity index (χ2n) is 4.81. The third-order valence-corrected chi connectivity index (χ3v) is 3.34. The molecule has 0 aliphatic heterocycles. The summed E-state index contributed by atoms with van der Waals surface area (Å²) in [5.41, 5.74) is 0. The van der Waals surface area contributed by atoms with E-state index in [4.69, 9.17) is 0 Å². The van der Waals surface area contributed by atoms with Crippen molar-refractivity contribution in [2.75, 3.05) is 17.2 Å². The van der Waals surface area contributed by atoms with Crippen LogP contribution >= 0.6 is 0 Å². The molecule has 0 aromatic carbocycles. The Morgan fingerprint density at radius 3 is 2.75 bits per heavy atom. The lowest BCUT2D eigenvalue weighted by atomic mass is 10.3. The molecular weight excluding hydrogens is 256 g/mol. The molecule has 0 saturated heterocycles. The first-order valence-corrected chi connectivity index (χ1v) is 6.91. The summed E-state index contributed by atoms with van der Waals surface area (Å²) in [5.74, 6) is 2.32. The molecule has 0 radical (unpaired) electrons. The fourth-order valence-electron chi connectivity index (χ4n) is 2.12. The largest absolute Gasteiger partial charge is 0.354 e. The lowest BCUT2D eigenvalue weighted by Gasteiger charge is -2.08. The van der Waals surface area contributed by atoms with Crippen LogP contribution in [-0.2, 0) is 0 Å². The molecule has 2 heterocycles. The molecule has 8 heteroatoms. The van der Waals surface area contributed by atoms with Crippen LogP contribution in [0.5, 0.6) is 0 Å². The highest BCUT2D eigenvalue weighted by atomic mass is 15.4. The molecule has 1 saturated carbocycles. The van der Waals surface area contributed by atoms with Crippen molar-refractivity contribution in [3.8, 4) is 5.95 Å². The van der Waals surface area contributed by atoms with Gasteiger partial charge < -0.3 is 10.6 Å². The maximum Gasteiger partial charge on any atom is 0.258 e. The summed E-state index contributed by atoms with van der Waals surface area (Å²) in [5, 5.41) is 10.5. The molecule has 1 fully saturated rings. The van der Waals surface area contributed by atoms with E-state index in [1.165, 1.54) is 23.9 Å². The van der Waals surface area contributed by atoms with Crippen molar-refractivity contribution in [1.82, 2.24) is 29.7 Å². The number of hydrogen-bond acceptors (Lipinski definition) is 7. The van der Waals surface area contributed by atoms with Crippen molar-refractivity contribution < 1.29 is 0 Å². The van der Waals surface area contributed by atoms with Crippen LogP contribution in [0.3, 0.4) is 0 Å². The van der Waals surface area contributed by atoms with E-state index in [9.17, 15) is 0 Å². The van der Waals surface area contributed by atoms with Crippen LogP contribution < -0.4 is 10.6 Å². The normalized spacial score (nSPS) is 20.7. The second kappa shape index (κ2) is 5.40. The van der Waals surface area contributed by atoms with Crippen molar-refractivity contribution in [3.63, 3.8) is 0 Å². The van der Waals surface area contributed by atoms with E-state index in [1.54, 1.807) is 6.33 Å². The minimum atomic E-state index is 0.463. The first kappa shape index (κ1) is 12.8. The molecule has 2 atom stereocenters. The van der Waals surface area contributed by atoms with Crippen LogP contribution in [0, 0.1) is 5.92 Å². The molecular formula is C12H18N8. The maximum atomic E-state index is 4.39. The fraction of sp³-hybridized carbons (Fsp3) is 0.583. The molecule has 2 aromatic heterocycles. The van der Waals surface area contributed by atoms with E-state index < -0.39 is 0 Å². The van der Waals surface area contributed by atoms with Gasteiger partial charge in [0.05, 0.1) is 0 Å². The van der Waals surface area contributed by atoms with Gasteiger partial charge in [-0.15, -0.1) is 0 Å². The Hall–Kier alpha value is -2.25. The van der Waals surface area contributed by atoms with E-state index in [0.29, 0.717) is 23.9 Å². The van der Waals surface area contributed by atoms with Crippen molar-refractivity contribution in [2.45, 2.75) is 32.7 Å². The van der Waals surface area contributed by atoms with Gasteiger partial charge in [-0.2, -0.15) is 24.7 Å².